The van der Waals surface area contributed by atoms with E-state index in [9.17, 15) is 24.5 Å². The van der Waals surface area contributed by atoms with Crippen LogP contribution >= 0.6 is 11.8 Å². The van der Waals surface area contributed by atoms with Gasteiger partial charge in [-0.25, -0.2) is 0 Å². The van der Waals surface area contributed by atoms with Crippen molar-refractivity contribution in [2.24, 2.45) is 0 Å². The Morgan fingerprint density at radius 3 is 2.46 bits per heavy atom. The Hall–Kier alpha value is -4.64. The number of hydrogen-bond donors (Lipinski definition) is 1. The Kier molecular flexibility index (Phi) is 7.84. The quantitative estimate of drug-likeness (QED) is 0.241. The second kappa shape index (κ2) is 11.4. The van der Waals surface area contributed by atoms with Crippen LogP contribution in [0.1, 0.15) is 11.1 Å². The van der Waals surface area contributed by atoms with Crippen molar-refractivity contribution in [2.45, 2.75) is 6.61 Å². The number of nitro groups is 1. The van der Waals surface area contributed by atoms with E-state index < -0.39 is 28.5 Å². The molecular weight excluding hydrogens is 498 g/mol. The van der Waals surface area contributed by atoms with Gasteiger partial charge in [0.1, 0.15) is 13.2 Å². The van der Waals surface area contributed by atoms with E-state index in [1.165, 1.54) is 19.2 Å². The lowest BCUT2D eigenvalue weighted by Crippen LogP contribution is -2.36. The molecule has 0 aromatic heterocycles. The molecule has 3 aromatic carbocycles. The van der Waals surface area contributed by atoms with Crippen molar-refractivity contribution in [3.05, 3.63) is 98.9 Å². The van der Waals surface area contributed by atoms with Crippen molar-refractivity contribution in [1.82, 2.24) is 4.90 Å². The van der Waals surface area contributed by atoms with Crippen LogP contribution in [-0.4, -0.2) is 40.5 Å². The Morgan fingerprint density at radius 1 is 1.05 bits per heavy atom. The van der Waals surface area contributed by atoms with Crippen LogP contribution in [-0.2, 0) is 16.2 Å². The van der Waals surface area contributed by atoms with E-state index in [1.54, 1.807) is 60.7 Å². The fourth-order valence-electron chi connectivity index (χ4n) is 3.42. The van der Waals surface area contributed by atoms with Gasteiger partial charge in [-0.1, -0.05) is 24.3 Å². The average Bonchev–Trinajstić information content (AvgIpc) is 3.15. The molecule has 10 nitrogen and oxygen atoms in total. The molecule has 0 bridgehead atoms. The maximum absolute atomic E-state index is 12.8. The minimum Gasteiger partial charge on any atom is -0.493 e. The summed E-state index contributed by atoms with van der Waals surface area (Å²) in [6, 6.07) is 19.8. The van der Waals surface area contributed by atoms with Gasteiger partial charge >= 0.3 is 0 Å². The summed E-state index contributed by atoms with van der Waals surface area (Å²) in [5, 5.41) is 12.9. The molecule has 0 atom stereocenters. The van der Waals surface area contributed by atoms with Gasteiger partial charge in [0.2, 0.25) is 5.91 Å². The molecule has 1 fully saturated rings. The Morgan fingerprint density at radius 2 is 1.78 bits per heavy atom. The number of nitrogens with zero attached hydrogens (tertiary/aromatic N) is 2. The van der Waals surface area contributed by atoms with Crippen LogP contribution in [0.3, 0.4) is 0 Å². The third kappa shape index (κ3) is 6.33. The molecule has 188 valence electrons. The summed E-state index contributed by atoms with van der Waals surface area (Å²) in [6.45, 7) is -0.229. The van der Waals surface area contributed by atoms with Gasteiger partial charge in [-0.05, 0) is 65.4 Å². The SMILES string of the molecule is COc1cc(/C=C2\SC(=O)N(CC(=O)Nc3ccccc3)C2=O)ccc1OCc1ccc([N+](=O)[O-])cc1. The lowest BCUT2D eigenvalue weighted by atomic mass is 10.1. The van der Waals surface area contributed by atoms with E-state index in [4.69, 9.17) is 9.47 Å². The van der Waals surface area contributed by atoms with Crippen molar-refractivity contribution >= 4 is 46.3 Å². The highest BCUT2D eigenvalue weighted by atomic mass is 32.2. The number of carbonyl (C=O) groups is 3. The van der Waals surface area contributed by atoms with Crippen molar-refractivity contribution in [3.63, 3.8) is 0 Å². The third-order valence-corrected chi connectivity index (χ3v) is 6.17. The molecule has 0 aliphatic carbocycles. The minimum absolute atomic E-state index is 0.00748. The van der Waals surface area contributed by atoms with Crippen LogP contribution in [0.5, 0.6) is 11.5 Å². The zero-order valence-electron chi connectivity index (χ0n) is 19.6. The number of thioether (sulfide) groups is 1. The summed E-state index contributed by atoms with van der Waals surface area (Å²) >= 11 is 0.752. The first kappa shape index (κ1) is 25.5. The molecule has 1 N–H and O–H groups in total. The van der Waals surface area contributed by atoms with Gasteiger partial charge in [0.15, 0.2) is 11.5 Å². The minimum atomic E-state index is -0.560. The number of nitrogens with one attached hydrogen (secondary N) is 1. The molecule has 0 radical (unpaired) electrons. The number of ether oxygens (including phenoxy) is 2. The number of hydrogen-bond acceptors (Lipinski definition) is 8. The Bertz CT molecular complexity index is 1370. The summed E-state index contributed by atoms with van der Waals surface area (Å²) in [6.07, 6.45) is 1.54. The molecule has 0 saturated carbocycles. The van der Waals surface area contributed by atoms with Crippen molar-refractivity contribution in [2.75, 3.05) is 19.0 Å². The summed E-state index contributed by atoms with van der Waals surface area (Å²) in [4.78, 5) is 48.9. The second-order valence-electron chi connectivity index (χ2n) is 7.80. The van der Waals surface area contributed by atoms with Crippen LogP contribution in [0, 0.1) is 10.1 Å². The van der Waals surface area contributed by atoms with Gasteiger partial charge in [0, 0.05) is 17.8 Å². The van der Waals surface area contributed by atoms with Gasteiger partial charge in [-0.2, -0.15) is 0 Å². The van der Waals surface area contributed by atoms with E-state index in [2.05, 4.69) is 5.32 Å². The maximum atomic E-state index is 12.8. The van der Waals surface area contributed by atoms with Crippen LogP contribution in [0.15, 0.2) is 77.7 Å². The van der Waals surface area contributed by atoms with Gasteiger partial charge in [-0.3, -0.25) is 29.4 Å². The third-order valence-electron chi connectivity index (χ3n) is 5.26. The molecule has 11 heteroatoms. The smallest absolute Gasteiger partial charge is 0.294 e. The number of nitro benzene ring substituents is 1. The van der Waals surface area contributed by atoms with E-state index in [0.29, 0.717) is 22.7 Å². The normalized spacial score (nSPS) is 14.1. The van der Waals surface area contributed by atoms with Crippen LogP contribution in [0.2, 0.25) is 0 Å². The number of para-hydroxylation sites is 1. The van der Waals surface area contributed by atoms with Crippen LogP contribution in [0.25, 0.3) is 6.08 Å². The fraction of sp³-hybridized carbons (Fsp3) is 0.115. The molecule has 1 aliphatic heterocycles. The van der Waals surface area contributed by atoms with Crippen molar-refractivity contribution < 1.29 is 28.8 Å². The van der Waals surface area contributed by atoms with Gasteiger partial charge in [0.25, 0.3) is 16.8 Å². The molecule has 3 aromatic rings. The average molecular weight is 520 g/mol. The van der Waals surface area contributed by atoms with Crippen LogP contribution < -0.4 is 14.8 Å². The Balaban J connectivity index is 1.41. The highest BCUT2D eigenvalue weighted by Gasteiger charge is 2.36. The number of rotatable bonds is 9. The predicted molar refractivity (Wildman–Crippen MR) is 138 cm³/mol. The first-order valence-electron chi connectivity index (χ1n) is 11.0. The zero-order chi connectivity index (χ0) is 26.4. The van der Waals surface area contributed by atoms with E-state index in [-0.39, 0.29) is 17.2 Å². The molecular formula is C26H21N3O7S. The van der Waals surface area contributed by atoms with Crippen molar-refractivity contribution in [1.29, 1.82) is 0 Å². The van der Waals surface area contributed by atoms with Gasteiger partial charge in [0.05, 0.1) is 16.9 Å². The lowest BCUT2D eigenvalue weighted by Gasteiger charge is -2.12. The van der Waals surface area contributed by atoms with Crippen molar-refractivity contribution in [3.8, 4) is 11.5 Å². The number of non-ortho nitro benzene ring substituents is 1. The number of imide groups is 1. The van der Waals surface area contributed by atoms with Crippen LogP contribution in [0.4, 0.5) is 16.2 Å². The maximum Gasteiger partial charge on any atom is 0.294 e. The molecule has 4 rings (SSSR count). The predicted octanol–water partition coefficient (Wildman–Crippen LogP) is 4.86. The molecule has 1 heterocycles. The molecule has 37 heavy (non-hydrogen) atoms. The highest BCUT2D eigenvalue weighted by Crippen LogP contribution is 2.34. The topological polar surface area (TPSA) is 128 Å². The lowest BCUT2D eigenvalue weighted by molar-refractivity contribution is -0.384. The molecule has 1 aliphatic rings. The fourth-order valence-corrected chi connectivity index (χ4v) is 4.26. The number of benzene rings is 3. The highest BCUT2D eigenvalue weighted by molar-refractivity contribution is 8.18. The summed E-state index contributed by atoms with van der Waals surface area (Å²) in [5.41, 5.74) is 1.89. The Labute approximate surface area is 216 Å². The monoisotopic (exact) mass is 519 g/mol. The molecule has 0 spiro atoms. The first-order chi connectivity index (χ1) is 17.8. The van der Waals surface area contributed by atoms with E-state index in [0.717, 1.165) is 22.2 Å². The molecule has 3 amide bonds. The van der Waals surface area contributed by atoms with Gasteiger partial charge < -0.3 is 14.8 Å². The van der Waals surface area contributed by atoms with E-state index >= 15 is 0 Å². The second-order valence-corrected chi connectivity index (χ2v) is 8.80. The summed E-state index contributed by atoms with van der Waals surface area (Å²) in [7, 11) is 1.47. The largest absolute Gasteiger partial charge is 0.493 e. The molecule has 0 unspecified atom stereocenters. The molecule has 1 saturated heterocycles. The number of carbonyl (C=O) groups excluding carboxylic acids is 3. The van der Waals surface area contributed by atoms with E-state index in [1.807, 2.05) is 6.07 Å². The number of amides is 3. The summed E-state index contributed by atoms with van der Waals surface area (Å²) < 4.78 is 11.2. The number of anilines is 1. The zero-order valence-corrected chi connectivity index (χ0v) is 20.4. The van der Waals surface area contributed by atoms with Gasteiger partial charge in [-0.15, -0.1) is 0 Å². The standard InChI is InChI=1S/C26H21N3O7S/c1-35-22-13-18(9-12-21(22)36-16-17-7-10-20(11-8-17)29(33)34)14-23-25(31)28(26(32)37-23)15-24(30)27-19-5-3-2-4-6-19/h2-14H,15-16H2,1H3,(H,27,30)/b23-14-. The first-order valence-corrected chi connectivity index (χ1v) is 11.8. The number of methoxy groups -OCH3 is 1. The summed E-state index contributed by atoms with van der Waals surface area (Å²) in [5.74, 6) is -0.206.